The first-order valence-corrected chi connectivity index (χ1v) is 10.8. The number of methoxy groups -OCH3 is 3. The third-order valence-electron chi connectivity index (χ3n) is 6.61. The van der Waals surface area contributed by atoms with E-state index >= 15 is 0 Å². The maximum absolute atomic E-state index is 6.57. The van der Waals surface area contributed by atoms with Gasteiger partial charge in [0.15, 0.2) is 29.2 Å². The highest BCUT2D eigenvalue weighted by Gasteiger charge is 2.42. The summed E-state index contributed by atoms with van der Waals surface area (Å²) in [5, 5.41) is 0. The van der Waals surface area contributed by atoms with Crippen LogP contribution in [0.2, 0.25) is 0 Å². The molecule has 2 aromatic carbocycles. The molecule has 2 aromatic rings. The topological polar surface area (TPSA) is 58.6 Å². The van der Waals surface area contributed by atoms with Gasteiger partial charge in [-0.15, -0.1) is 0 Å². The second-order valence-electron chi connectivity index (χ2n) is 8.29. The number of benzene rings is 2. The minimum absolute atomic E-state index is 0.0144. The monoisotopic (exact) mass is 427 g/mol. The number of hydrogen-bond donors (Lipinski definition) is 0. The first-order valence-electron chi connectivity index (χ1n) is 10.8. The largest absolute Gasteiger partial charge is 0.493 e. The Kier molecular flexibility index (Phi) is 5.22. The van der Waals surface area contributed by atoms with E-state index in [0.717, 1.165) is 41.5 Å². The van der Waals surface area contributed by atoms with E-state index < -0.39 is 0 Å². The predicted octanol–water partition coefficient (Wildman–Crippen LogP) is 4.02. The normalized spacial score (nSPS) is 24.5. The lowest BCUT2D eigenvalue weighted by Crippen LogP contribution is -2.46. The number of hydrogen-bond acceptors (Lipinski definition) is 7. The fourth-order valence-electron chi connectivity index (χ4n) is 5.14. The van der Waals surface area contributed by atoms with Gasteiger partial charge in [0.05, 0.1) is 21.3 Å². The molecule has 7 heteroatoms. The SMILES string of the molecule is COc1cc([C@H]2c3cc4c(cc3O[C@@H](N3CCCC3)[C@@H]2C)OCO4)cc(OC)c1OC. The van der Waals surface area contributed by atoms with Crippen LogP contribution in [0.5, 0.6) is 34.5 Å². The number of fused-ring (bicyclic) bond motifs is 2. The molecule has 0 saturated carbocycles. The molecule has 0 unspecified atom stereocenters. The summed E-state index contributed by atoms with van der Waals surface area (Å²) in [4.78, 5) is 2.45. The van der Waals surface area contributed by atoms with Crippen LogP contribution in [-0.4, -0.2) is 52.3 Å². The first-order chi connectivity index (χ1) is 15.1. The van der Waals surface area contributed by atoms with Gasteiger partial charge in [0.2, 0.25) is 12.5 Å². The van der Waals surface area contributed by atoms with Crippen molar-refractivity contribution in [1.82, 2.24) is 4.90 Å². The van der Waals surface area contributed by atoms with Crippen LogP contribution < -0.4 is 28.4 Å². The number of nitrogens with zero attached hydrogens (tertiary/aromatic N) is 1. The van der Waals surface area contributed by atoms with Gasteiger partial charge in [-0.2, -0.15) is 0 Å². The van der Waals surface area contributed by atoms with Crippen LogP contribution in [0, 0.1) is 5.92 Å². The van der Waals surface area contributed by atoms with Crippen LogP contribution in [0.25, 0.3) is 0 Å². The first kappa shape index (κ1) is 20.1. The van der Waals surface area contributed by atoms with E-state index in [1.54, 1.807) is 21.3 Å². The number of likely N-dealkylation sites (tertiary alicyclic amines) is 1. The molecule has 0 bridgehead atoms. The van der Waals surface area contributed by atoms with Crippen LogP contribution >= 0.6 is 0 Å². The molecule has 0 amide bonds. The lowest BCUT2D eigenvalue weighted by Gasteiger charge is -2.42. The van der Waals surface area contributed by atoms with Crippen molar-refractivity contribution in [2.75, 3.05) is 41.2 Å². The fourth-order valence-corrected chi connectivity index (χ4v) is 5.14. The van der Waals surface area contributed by atoms with Gasteiger partial charge in [0.25, 0.3) is 0 Å². The van der Waals surface area contributed by atoms with Crippen LogP contribution in [0.4, 0.5) is 0 Å². The molecule has 5 rings (SSSR count). The molecule has 166 valence electrons. The molecule has 1 saturated heterocycles. The second-order valence-corrected chi connectivity index (χ2v) is 8.29. The third kappa shape index (κ3) is 3.31. The summed E-state index contributed by atoms with van der Waals surface area (Å²) < 4.78 is 34.7. The Bertz CT molecular complexity index is 946. The Labute approximate surface area is 182 Å². The molecule has 0 aromatic heterocycles. The summed E-state index contributed by atoms with van der Waals surface area (Å²) in [6, 6.07) is 8.12. The molecule has 7 nitrogen and oxygen atoms in total. The van der Waals surface area contributed by atoms with Gasteiger partial charge in [0, 0.05) is 36.6 Å². The summed E-state index contributed by atoms with van der Waals surface area (Å²) in [7, 11) is 4.91. The highest BCUT2D eigenvalue weighted by Crippen LogP contribution is 2.52. The highest BCUT2D eigenvalue weighted by molar-refractivity contribution is 5.60. The van der Waals surface area contributed by atoms with Crippen LogP contribution in [0.1, 0.15) is 36.8 Å². The average Bonchev–Trinajstić information content (AvgIpc) is 3.48. The van der Waals surface area contributed by atoms with Gasteiger partial charge in [-0.1, -0.05) is 6.92 Å². The van der Waals surface area contributed by atoms with E-state index in [4.69, 9.17) is 28.4 Å². The lowest BCUT2D eigenvalue weighted by atomic mass is 9.78. The van der Waals surface area contributed by atoms with E-state index in [1.807, 2.05) is 18.2 Å². The summed E-state index contributed by atoms with van der Waals surface area (Å²) >= 11 is 0. The Hall–Kier alpha value is -2.80. The summed E-state index contributed by atoms with van der Waals surface area (Å²) in [5.41, 5.74) is 2.18. The van der Waals surface area contributed by atoms with Crippen LogP contribution in [0.15, 0.2) is 24.3 Å². The highest BCUT2D eigenvalue weighted by atomic mass is 16.7. The molecular weight excluding hydrogens is 398 g/mol. The van der Waals surface area contributed by atoms with Crippen molar-refractivity contribution >= 4 is 0 Å². The molecule has 0 radical (unpaired) electrons. The quantitative estimate of drug-likeness (QED) is 0.714. The molecule has 3 aliphatic rings. The van der Waals surface area contributed by atoms with E-state index in [2.05, 4.69) is 17.9 Å². The van der Waals surface area contributed by atoms with E-state index in [9.17, 15) is 0 Å². The molecule has 0 spiro atoms. The van der Waals surface area contributed by atoms with Crippen molar-refractivity contribution in [2.45, 2.75) is 31.9 Å². The van der Waals surface area contributed by atoms with E-state index in [0.29, 0.717) is 17.2 Å². The second kappa shape index (κ2) is 8.04. The summed E-state index contributed by atoms with van der Waals surface area (Å²) in [6.07, 6.45) is 2.39. The minimum Gasteiger partial charge on any atom is -0.493 e. The van der Waals surface area contributed by atoms with Crippen molar-refractivity contribution in [2.24, 2.45) is 5.92 Å². The molecule has 3 heterocycles. The number of ether oxygens (including phenoxy) is 6. The van der Waals surface area contributed by atoms with Gasteiger partial charge < -0.3 is 28.4 Å². The molecule has 0 aliphatic carbocycles. The predicted molar refractivity (Wildman–Crippen MR) is 115 cm³/mol. The zero-order valence-electron chi connectivity index (χ0n) is 18.5. The molecule has 0 N–H and O–H groups in total. The van der Waals surface area contributed by atoms with Crippen LogP contribution in [-0.2, 0) is 0 Å². The lowest BCUT2D eigenvalue weighted by molar-refractivity contribution is -0.0178. The maximum Gasteiger partial charge on any atom is 0.231 e. The van der Waals surface area contributed by atoms with Crippen molar-refractivity contribution in [3.8, 4) is 34.5 Å². The average molecular weight is 427 g/mol. The summed E-state index contributed by atoms with van der Waals surface area (Å²) in [5.74, 6) is 4.50. The van der Waals surface area contributed by atoms with E-state index in [-0.39, 0.29) is 24.9 Å². The molecule has 3 aliphatic heterocycles. The Balaban J connectivity index is 1.66. The molecular formula is C24H29NO6. The molecule has 1 fully saturated rings. The van der Waals surface area contributed by atoms with Crippen molar-refractivity contribution in [1.29, 1.82) is 0 Å². The van der Waals surface area contributed by atoms with Crippen LogP contribution in [0.3, 0.4) is 0 Å². The minimum atomic E-state index is -0.0144. The van der Waals surface area contributed by atoms with Gasteiger partial charge in [0.1, 0.15) is 5.75 Å². The van der Waals surface area contributed by atoms with Gasteiger partial charge in [-0.05, 0) is 36.6 Å². The smallest absolute Gasteiger partial charge is 0.231 e. The van der Waals surface area contributed by atoms with Gasteiger partial charge >= 0.3 is 0 Å². The van der Waals surface area contributed by atoms with E-state index in [1.165, 1.54) is 12.8 Å². The van der Waals surface area contributed by atoms with Crippen molar-refractivity contribution < 1.29 is 28.4 Å². The Morgan fingerprint density at radius 1 is 0.839 bits per heavy atom. The Morgan fingerprint density at radius 3 is 2.10 bits per heavy atom. The number of rotatable bonds is 5. The summed E-state index contributed by atoms with van der Waals surface area (Å²) in [6.45, 7) is 4.59. The standard InChI is InChI=1S/C24H29NO6/c1-14-22(15-9-20(26-2)23(28-4)21(10-15)27-3)16-11-18-19(30-13-29-18)12-17(16)31-24(14)25-7-5-6-8-25/h9-12,14,22,24H,5-8,13H2,1-4H3/t14-,22+,24-/m1/s1. The third-order valence-corrected chi connectivity index (χ3v) is 6.61. The van der Waals surface area contributed by atoms with Crippen molar-refractivity contribution in [3.05, 3.63) is 35.4 Å². The maximum atomic E-state index is 6.57. The molecule has 31 heavy (non-hydrogen) atoms. The zero-order chi connectivity index (χ0) is 21.5. The molecule has 3 atom stereocenters. The zero-order valence-corrected chi connectivity index (χ0v) is 18.5. The Morgan fingerprint density at radius 2 is 1.48 bits per heavy atom. The van der Waals surface area contributed by atoms with Gasteiger partial charge in [-0.3, -0.25) is 4.90 Å². The fraction of sp³-hybridized carbons (Fsp3) is 0.500. The van der Waals surface area contributed by atoms with Gasteiger partial charge in [-0.25, -0.2) is 0 Å². The van der Waals surface area contributed by atoms with Crippen molar-refractivity contribution in [3.63, 3.8) is 0 Å².